The first-order chi connectivity index (χ1) is 9.44. The van der Waals surface area contributed by atoms with E-state index in [1.54, 1.807) is 11.3 Å². The largest absolute Gasteiger partial charge is 0.354 e. The van der Waals surface area contributed by atoms with Crippen molar-refractivity contribution in [2.45, 2.75) is 39.4 Å². The van der Waals surface area contributed by atoms with Crippen molar-refractivity contribution in [3.05, 3.63) is 40.2 Å². The van der Waals surface area contributed by atoms with Crippen molar-refractivity contribution in [2.75, 3.05) is 11.9 Å². The average molecular weight is 290 g/mol. The van der Waals surface area contributed by atoms with E-state index in [0.29, 0.717) is 0 Å². The molecule has 4 nitrogen and oxygen atoms in total. The van der Waals surface area contributed by atoms with E-state index in [4.69, 9.17) is 0 Å². The first-order valence-corrected chi connectivity index (χ1v) is 7.68. The summed E-state index contributed by atoms with van der Waals surface area (Å²) in [5.74, 6) is 0.899. The molecular formula is C15H22N4S. The molecule has 5 heteroatoms. The van der Waals surface area contributed by atoms with E-state index in [1.165, 1.54) is 5.56 Å². The SMILES string of the molecule is CN(Cc1ccsc1)c1ccc(CNC(C)(C)C)nn1. The highest BCUT2D eigenvalue weighted by molar-refractivity contribution is 7.07. The van der Waals surface area contributed by atoms with Gasteiger partial charge in [0, 0.05) is 25.7 Å². The highest BCUT2D eigenvalue weighted by Crippen LogP contribution is 2.14. The molecule has 20 heavy (non-hydrogen) atoms. The molecule has 2 aromatic rings. The van der Waals surface area contributed by atoms with Gasteiger partial charge in [-0.25, -0.2) is 0 Å². The van der Waals surface area contributed by atoms with Gasteiger partial charge in [-0.05, 0) is 55.3 Å². The molecule has 2 heterocycles. The maximum atomic E-state index is 4.30. The lowest BCUT2D eigenvalue weighted by Crippen LogP contribution is -2.35. The summed E-state index contributed by atoms with van der Waals surface area (Å²) in [4.78, 5) is 2.11. The maximum absolute atomic E-state index is 4.30. The molecule has 0 radical (unpaired) electrons. The Bertz CT molecular complexity index is 514. The molecule has 0 amide bonds. The summed E-state index contributed by atoms with van der Waals surface area (Å²) < 4.78 is 0. The van der Waals surface area contributed by atoms with Gasteiger partial charge in [0.2, 0.25) is 0 Å². The summed E-state index contributed by atoms with van der Waals surface area (Å²) in [5, 5.41) is 16.2. The first kappa shape index (κ1) is 14.9. The minimum absolute atomic E-state index is 0.0933. The van der Waals surface area contributed by atoms with E-state index in [-0.39, 0.29) is 5.54 Å². The Kier molecular flexibility index (Phi) is 4.73. The van der Waals surface area contributed by atoms with E-state index in [9.17, 15) is 0 Å². The van der Waals surface area contributed by atoms with Crippen molar-refractivity contribution in [3.8, 4) is 0 Å². The Morgan fingerprint density at radius 2 is 2.00 bits per heavy atom. The summed E-state index contributed by atoms with van der Waals surface area (Å²) >= 11 is 1.72. The topological polar surface area (TPSA) is 41.0 Å². The smallest absolute Gasteiger partial charge is 0.151 e. The molecular weight excluding hydrogens is 268 g/mol. The second-order valence-corrected chi connectivity index (χ2v) is 6.75. The first-order valence-electron chi connectivity index (χ1n) is 6.74. The number of hydrogen-bond acceptors (Lipinski definition) is 5. The minimum atomic E-state index is 0.0933. The molecule has 0 aliphatic heterocycles. The van der Waals surface area contributed by atoms with Gasteiger partial charge in [-0.1, -0.05) is 0 Å². The minimum Gasteiger partial charge on any atom is -0.354 e. The molecule has 0 unspecified atom stereocenters. The summed E-state index contributed by atoms with van der Waals surface area (Å²) in [6, 6.07) is 6.19. The van der Waals surface area contributed by atoms with Gasteiger partial charge >= 0.3 is 0 Å². The van der Waals surface area contributed by atoms with Gasteiger partial charge in [0.15, 0.2) is 5.82 Å². The molecule has 0 aromatic carbocycles. The fourth-order valence-electron chi connectivity index (χ4n) is 1.74. The maximum Gasteiger partial charge on any atom is 0.151 e. The van der Waals surface area contributed by atoms with Crippen molar-refractivity contribution in [1.29, 1.82) is 0 Å². The monoisotopic (exact) mass is 290 g/mol. The van der Waals surface area contributed by atoms with Crippen molar-refractivity contribution in [1.82, 2.24) is 15.5 Å². The molecule has 0 aliphatic rings. The molecule has 108 valence electrons. The zero-order valence-electron chi connectivity index (χ0n) is 12.6. The molecule has 0 fully saturated rings. The van der Waals surface area contributed by atoms with Crippen LogP contribution in [0.5, 0.6) is 0 Å². The summed E-state index contributed by atoms with van der Waals surface area (Å²) in [7, 11) is 2.04. The highest BCUT2D eigenvalue weighted by Gasteiger charge is 2.10. The van der Waals surface area contributed by atoms with Crippen LogP contribution in [-0.2, 0) is 13.1 Å². The van der Waals surface area contributed by atoms with E-state index >= 15 is 0 Å². The Morgan fingerprint density at radius 3 is 2.55 bits per heavy atom. The van der Waals surface area contributed by atoms with Gasteiger partial charge < -0.3 is 10.2 Å². The lowest BCUT2D eigenvalue weighted by atomic mass is 10.1. The predicted molar refractivity (Wildman–Crippen MR) is 85.1 cm³/mol. The van der Waals surface area contributed by atoms with Gasteiger partial charge in [0.1, 0.15) is 0 Å². The number of nitrogens with one attached hydrogen (secondary N) is 1. The van der Waals surface area contributed by atoms with Crippen LogP contribution in [-0.4, -0.2) is 22.8 Å². The van der Waals surface area contributed by atoms with E-state index < -0.39 is 0 Å². The average Bonchev–Trinajstić information content (AvgIpc) is 2.89. The third-order valence-electron chi connectivity index (χ3n) is 2.90. The Balaban J connectivity index is 1.93. The summed E-state index contributed by atoms with van der Waals surface area (Å²) in [6.07, 6.45) is 0. The molecule has 1 N–H and O–H groups in total. The fourth-order valence-corrected chi connectivity index (χ4v) is 2.40. The van der Waals surface area contributed by atoms with E-state index in [1.807, 2.05) is 19.2 Å². The van der Waals surface area contributed by atoms with Gasteiger partial charge in [-0.2, -0.15) is 16.4 Å². The number of anilines is 1. The molecule has 0 saturated heterocycles. The normalized spacial score (nSPS) is 11.6. The van der Waals surface area contributed by atoms with Crippen LogP contribution in [0.4, 0.5) is 5.82 Å². The van der Waals surface area contributed by atoms with Gasteiger partial charge in [0.05, 0.1) is 5.69 Å². The number of hydrogen-bond donors (Lipinski definition) is 1. The van der Waals surface area contributed by atoms with Crippen molar-refractivity contribution in [3.63, 3.8) is 0 Å². The van der Waals surface area contributed by atoms with Crippen LogP contribution in [0.2, 0.25) is 0 Å². The number of aromatic nitrogens is 2. The van der Waals surface area contributed by atoms with Crippen LogP contribution in [0.25, 0.3) is 0 Å². The Morgan fingerprint density at radius 1 is 1.20 bits per heavy atom. The van der Waals surface area contributed by atoms with Gasteiger partial charge in [-0.3, -0.25) is 0 Å². The zero-order chi connectivity index (χ0) is 14.6. The Hall–Kier alpha value is -1.46. The molecule has 0 bridgehead atoms. The van der Waals surface area contributed by atoms with Crippen molar-refractivity contribution < 1.29 is 0 Å². The molecule has 0 aliphatic carbocycles. The zero-order valence-corrected chi connectivity index (χ0v) is 13.4. The summed E-state index contributed by atoms with van der Waals surface area (Å²) in [6.45, 7) is 8.03. The van der Waals surface area contributed by atoms with E-state index in [2.05, 4.69) is 58.0 Å². The van der Waals surface area contributed by atoms with Crippen LogP contribution in [0, 0.1) is 0 Å². The predicted octanol–water partition coefficient (Wildman–Crippen LogP) is 3.06. The molecule has 2 rings (SSSR count). The standard InChI is InChI=1S/C15H22N4S/c1-15(2,3)16-9-13-5-6-14(18-17-13)19(4)10-12-7-8-20-11-12/h5-8,11,16H,9-10H2,1-4H3. The lowest BCUT2D eigenvalue weighted by molar-refractivity contribution is 0.420. The lowest BCUT2D eigenvalue weighted by Gasteiger charge is -2.20. The van der Waals surface area contributed by atoms with Crippen LogP contribution in [0.3, 0.4) is 0 Å². The molecule has 0 spiro atoms. The van der Waals surface area contributed by atoms with Crippen LogP contribution < -0.4 is 10.2 Å². The van der Waals surface area contributed by atoms with Crippen LogP contribution in [0.1, 0.15) is 32.0 Å². The van der Waals surface area contributed by atoms with Crippen molar-refractivity contribution in [2.24, 2.45) is 0 Å². The van der Waals surface area contributed by atoms with Gasteiger partial charge in [-0.15, -0.1) is 5.10 Å². The van der Waals surface area contributed by atoms with Crippen LogP contribution >= 0.6 is 11.3 Å². The third-order valence-corrected chi connectivity index (χ3v) is 3.63. The molecule has 2 aromatic heterocycles. The quantitative estimate of drug-likeness (QED) is 0.919. The van der Waals surface area contributed by atoms with Crippen LogP contribution in [0.15, 0.2) is 29.0 Å². The van der Waals surface area contributed by atoms with E-state index in [0.717, 1.165) is 24.6 Å². The summed E-state index contributed by atoms with van der Waals surface area (Å²) in [5.41, 5.74) is 2.36. The fraction of sp³-hybridized carbons (Fsp3) is 0.467. The third kappa shape index (κ3) is 4.58. The molecule has 0 saturated carbocycles. The van der Waals surface area contributed by atoms with Gasteiger partial charge in [0.25, 0.3) is 0 Å². The van der Waals surface area contributed by atoms with Crippen molar-refractivity contribution >= 4 is 17.2 Å². The second kappa shape index (κ2) is 6.33. The number of thiophene rings is 1. The molecule has 0 atom stereocenters. The highest BCUT2D eigenvalue weighted by atomic mass is 32.1. The number of rotatable bonds is 5. The number of nitrogens with zero attached hydrogens (tertiary/aromatic N) is 3. The Labute approximate surface area is 124 Å². The second-order valence-electron chi connectivity index (χ2n) is 5.97.